The number of hydrogen-bond donors (Lipinski definition) is 1. The quantitative estimate of drug-likeness (QED) is 0.799. The van der Waals surface area contributed by atoms with Crippen LogP contribution in [0.1, 0.15) is 30.6 Å². The summed E-state index contributed by atoms with van der Waals surface area (Å²) in [5.74, 6) is 1.09. The van der Waals surface area contributed by atoms with Crippen LogP contribution >= 0.6 is 0 Å². The van der Waals surface area contributed by atoms with Gasteiger partial charge in [0.1, 0.15) is 5.75 Å². The lowest BCUT2D eigenvalue weighted by atomic mass is 10.2. The molecular weight excluding hydrogens is 262 g/mol. The maximum atomic E-state index is 11.6. The monoisotopic (exact) mass is 279 g/mol. The van der Waals surface area contributed by atoms with Gasteiger partial charge in [-0.05, 0) is 19.4 Å². The van der Waals surface area contributed by atoms with Crippen LogP contribution in [0.25, 0.3) is 0 Å². The van der Waals surface area contributed by atoms with Gasteiger partial charge in [0.2, 0.25) is 6.79 Å². The second-order valence-corrected chi connectivity index (χ2v) is 4.53. The minimum absolute atomic E-state index is 0.0911. The Morgan fingerprint density at radius 1 is 1.45 bits per heavy atom. The van der Waals surface area contributed by atoms with Crippen molar-refractivity contribution in [1.29, 1.82) is 0 Å². The number of aldehydes is 1. The number of rotatable bonds is 6. The number of carbonyl (C=O) groups is 2. The molecule has 0 fully saturated rings. The van der Waals surface area contributed by atoms with Crippen molar-refractivity contribution in [3.05, 3.63) is 17.7 Å². The summed E-state index contributed by atoms with van der Waals surface area (Å²) in [6.07, 6.45) is 1.50. The SMILES string of the molecule is CCC(C)NC(=O)COc1cc2c(cc1C=O)OCO2. The van der Waals surface area contributed by atoms with Gasteiger partial charge in [-0.3, -0.25) is 9.59 Å². The van der Waals surface area contributed by atoms with Crippen molar-refractivity contribution in [2.45, 2.75) is 26.3 Å². The summed E-state index contributed by atoms with van der Waals surface area (Å²) in [5.41, 5.74) is 0.325. The van der Waals surface area contributed by atoms with E-state index in [0.29, 0.717) is 29.1 Å². The van der Waals surface area contributed by atoms with Crippen molar-refractivity contribution >= 4 is 12.2 Å². The lowest BCUT2D eigenvalue weighted by Gasteiger charge is -2.13. The highest BCUT2D eigenvalue weighted by atomic mass is 16.7. The molecule has 6 nitrogen and oxygen atoms in total. The average Bonchev–Trinajstić information content (AvgIpc) is 2.90. The highest BCUT2D eigenvalue weighted by molar-refractivity contribution is 5.82. The summed E-state index contributed by atoms with van der Waals surface area (Å²) in [4.78, 5) is 22.7. The highest BCUT2D eigenvalue weighted by Crippen LogP contribution is 2.37. The molecule has 1 heterocycles. The van der Waals surface area contributed by atoms with Crippen LogP contribution in [0.5, 0.6) is 17.2 Å². The van der Waals surface area contributed by atoms with Gasteiger partial charge in [-0.15, -0.1) is 0 Å². The summed E-state index contributed by atoms with van der Waals surface area (Å²) < 4.78 is 15.8. The van der Waals surface area contributed by atoms with Crippen LogP contribution < -0.4 is 19.5 Å². The molecule has 0 aromatic heterocycles. The zero-order valence-corrected chi connectivity index (χ0v) is 11.5. The molecule has 0 radical (unpaired) electrons. The molecular formula is C14H17NO5. The van der Waals surface area contributed by atoms with Gasteiger partial charge in [0.25, 0.3) is 5.91 Å². The topological polar surface area (TPSA) is 73.9 Å². The van der Waals surface area contributed by atoms with Crippen molar-refractivity contribution < 1.29 is 23.8 Å². The first-order valence-electron chi connectivity index (χ1n) is 6.45. The van der Waals surface area contributed by atoms with Crippen LogP contribution in [0.2, 0.25) is 0 Å². The third-order valence-corrected chi connectivity index (χ3v) is 3.01. The van der Waals surface area contributed by atoms with E-state index in [1.165, 1.54) is 6.07 Å². The molecule has 1 aromatic carbocycles. The minimum Gasteiger partial charge on any atom is -0.483 e. The Morgan fingerprint density at radius 2 is 2.15 bits per heavy atom. The minimum atomic E-state index is -0.228. The summed E-state index contributed by atoms with van der Waals surface area (Å²) in [6, 6.07) is 3.19. The largest absolute Gasteiger partial charge is 0.483 e. The lowest BCUT2D eigenvalue weighted by molar-refractivity contribution is -0.123. The first kappa shape index (κ1) is 14.2. The Hall–Kier alpha value is -2.24. The van der Waals surface area contributed by atoms with Gasteiger partial charge in [-0.25, -0.2) is 0 Å². The molecule has 0 saturated heterocycles. The number of hydrogen-bond acceptors (Lipinski definition) is 5. The second kappa shape index (κ2) is 6.27. The van der Waals surface area contributed by atoms with Crippen LogP contribution in [0, 0.1) is 0 Å². The Bertz CT molecular complexity index is 515. The zero-order valence-electron chi connectivity index (χ0n) is 11.5. The van der Waals surface area contributed by atoms with E-state index in [0.717, 1.165) is 6.42 Å². The van der Waals surface area contributed by atoms with E-state index in [-0.39, 0.29) is 25.3 Å². The Balaban J connectivity index is 2.02. The van der Waals surface area contributed by atoms with Gasteiger partial charge in [0, 0.05) is 12.1 Å². The number of amides is 1. The molecule has 0 saturated carbocycles. The van der Waals surface area contributed by atoms with E-state index in [9.17, 15) is 9.59 Å². The molecule has 1 aromatic rings. The second-order valence-electron chi connectivity index (χ2n) is 4.53. The summed E-state index contributed by atoms with van der Waals surface area (Å²) in [6.45, 7) is 3.86. The average molecular weight is 279 g/mol. The Kier molecular flexibility index (Phi) is 4.45. The molecule has 1 N–H and O–H groups in total. The van der Waals surface area contributed by atoms with E-state index >= 15 is 0 Å². The van der Waals surface area contributed by atoms with Crippen molar-refractivity contribution in [2.24, 2.45) is 0 Å². The van der Waals surface area contributed by atoms with Gasteiger partial charge in [0.15, 0.2) is 24.4 Å². The standard InChI is InChI=1S/C14H17NO5/c1-3-9(2)15-14(17)7-18-11-5-13-12(19-8-20-13)4-10(11)6-16/h4-6,9H,3,7-8H2,1-2H3,(H,15,17). The predicted octanol–water partition coefficient (Wildman–Crippen LogP) is 1.52. The van der Waals surface area contributed by atoms with Gasteiger partial charge in [0.05, 0.1) is 5.56 Å². The molecule has 0 spiro atoms. The Labute approximate surface area is 117 Å². The van der Waals surface area contributed by atoms with Gasteiger partial charge < -0.3 is 19.5 Å². The highest BCUT2D eigenvalue weighted by Gasteiger charge is 2.18. The number of benzene rings is 1. The molecule has 0 aliphatic carbocycles. The lowest BCUT2D eigenvalue weighted by Crippen LogP contribution is -2.35. The molecule has 2 rings (SSSR count). The molecule has 0 bridgehead atoms. The van der Waals surface area contributed by atoms with Crippen LogP contribution in [0.3, 0.4) is 0 Å². The first-order chi connectivity index (χ1) is 9.63. The number of carbonyl (C=O) groups excluding carboxylic acids is 2. The van der Waals surface area contributed by atoms with Crippen molar-refractivity contribution in [3.8, 4) is 17.2 Å². The molecule has 1 unspecified atom stereocenters. The van der Waals surface area contributed by atoms with Crippen LogP contribution in [-0.2, 0) is 4.79 Å². The van der Waals surface area contributed by atoms with Crippen molar-refractivity contribution in [1.82, 2.24) is 5.32 Å². The van der Waals surface area contributed by atoms with E-state index in [1.807, 2.05) is 13.8 Å². The molecule has 108 valence electrons. The molecule has 6 heteroatoms. The Morgan fingerprint density at radius 3 is 2.80 bits per heavy atom. The summed E-state index contributed by atoms with van der Waals surface area (Å²) in [7, 11) is 0. The van der Waals surface area contributed by atoms with Gasteiger partial charge >= 0.3 is 0 Å². The number of nitrogens with one attached hydrogen (secondary N) is 1. The normalized spacial score (nSPS) is 13.7. The van der Waals surface area contributed by atoms with E-state index in [1.54, 1.807) is 6.07 Å². The van der Waals surface area contributed by atoms with Crippen molar-refractivity contribution in [3.63, 3.8) is 0 Å². The van der Waals surface area contributed by atoms with E-state index in [4.69, 9.17) is 14.2 Å². The summed E-state index contributed by atoms with van der Waals surface area (Å²) in [5, 5.41) is 2.78. The van der Waals surface area contributed by atoms with Crippen LogP contribution in [0.15, 0.2) is 12.1 Å². The predicted molar refractivity (Wildman–Crippen MR) is 71.3 cm³/mol. The third-order valence-electron chi connectivity index (χ3n) is 3.01. The maximum Gasteiger partial charge on any atom is 0.258 e. The molecule has 1 aliphatic rings. The molecule has 1 amide bonds. The fourth-order valence-corrected chi connectivity index (χ4v) is 1.72. The van der Waals surface area contributed by atoms with Crippen LogP contribution in [-0.4, -0.2) is 31.6 Å². The van der Waals surface area contributed by atoms with Crippen molar-refractivity contribution in [2.75, 3.05) is 13.4 Å². The van der Waals surface area contributed by atoms with E-state index in [2.05, 4.69) is 5.32 Å². The number of ether oxygens (including phenoxy) is 3. The summed E-state index contributed by atoms with van der Waals surface area (Å²) >= 11 is 0. The smallest absolute Gasteiger partial charge is 0.258 e. The maximum absolute atomic E-state index is 11.6. The molecule has 20 heavy (non-hydrogen) atoms. The molecule has 1 atom stereocenters. The first-order valence-corrected chi connectivity index (χ1v) is 6.45. The van der Waals surface area contributed by atoms with Gasteiger partial charge in [-0.1, -0.05) is 6.92 Å². The third kappa shape index (κ3) is 3.20. The van der Waals surface area contributed by atoms with Crippen LogP contribution in [0.4, 0.5) is 0 Å². The fraction of sp³-hybridized carbons (Fsp3) is 0.429. The van der Waals surface area contributed by atoms with Gasteiger partial charge in [-0.2, -0.15) is 0 Å². The number of fused-ring (bicyclic) bond motifs is 1. The fourth-order valence-electron chi connectivity index (χ4n) is 1.72. The van der Waals surface area contributed by atoms with E-state index < -0.39 is 0 Å². The molecule has 1 aliphatic heterocycles. The zero-order chi connectivity index (χ0) is 14.5.